The van der Waals surface area contributed by atoms with Crippen molar-refractivity contribution in [1.82, 2.24) is 14.8 Å². The topological polar surface area (TPSA) is 90.0 Å². The van der Waals surface area contributed by atoms with E-state index in [1.165, 1.54) is 13.1 Å². The Bertz CT molecular complexity index is 1340. The molecule has 0 aliphatic heterocycles. The number of anilines is 1. The molecule has 0 aliphatic rings. The zero-order valence-corrected chi connectivity index (χ0v) is 17.2. The lowest BCUT2D eigenvalue weighted by molar-refractivity contribution is 0.101. The number of nitrogens with one attached hydrogen (secondary N) is 1. The van der Waals surface area contributed by atoms with E-state index in [4.69, 9.17) is 4.42 Å². The minimum Gasteiger partial charge on any atom is -0.388 e. The van der Waals surface area contributed by atoms with Crippen molar-refractivity contribution in [2.75, 3.05) is 5.32 Å². The number of carbonyl (C=O) groups excluding carboxylic acids is 1. The molecule has 32 heavy (non-hydrogen) atoms. The van der Waals surface area contributed by atoms with Crippen LogP contribution >= 0.6 is 0 Å². The number of aromatic nitrogens is 3. The van der Waals surface area contributed by atoms with Gasteiger partial charge in [-0.1, -0.05) is 25.1 Å². The fraction of sp³-hybridized carbons (Fsp3) is 0.130. The highest BCUT2D eigenvalue weighted by molar-refractivity contribution is 6.04. The second-order valence-electron chi connectivity index (χ2n) is 7.00. The van der Waals surface area contributed by atoms with Crippen molar-refractivity contribution >= 4 is 11.6 Å². The first-order valence-electron chi connectivity index (χ1n) is 9.76. The molecule has 1 N–H and O–H groups in total. The SMILES string of the molecule is CCc1ncc(-c2nn(C)c(=O)o2)cc1-c1ccc(NC(=O)c2c(F)cccc2F)cc1. The zero-order chi connectivity index (χ0) is 22.8. The summed E-state index contributed by atoms with van der Waals surface area (Å²) < 4.78 is 33.9. The highest BCUT2D eigenvalue weighted by Gasteiger charge is 2.17. The number of benzene rings is 2. The summed E-state index contributed by atoms with van der Waals surface area (Å²) in [5.41, 5.74) is 2.69. The predicted molar refractivity (Wildman–Crippen MR) is 114 cm³/mol. The molecule has 4 aromatic rings. The molecule has 2 heterocycles. The van der Waals surface area contributed by atoms with Crippen molar-refractivity contribution in [2.24, 2.45) is 7.05 Å². The highest BCUT2D eigenvalue weighted by Crippen LogP contribution is 2.29. The number of pyridine rings is 1. The Morgan fingerprint density at radius 3 is 2.38 bits per heavy atom. The number of hydrogen-bond donors (Lipinski definition) is 1. The van der Waals surface area contributed by atoms with Gasteiger partial charge in [0.15, 0.2) is 0 Å². The summed E-state index contributed by atoms with van der Waals surface area (Å²) in [5.74, 6) is -3.17. The minimum atomic E-state index is -0.934. The lowest BCUT2D eigenvalue weighted by Crippen LogP contribution is -2.15. The van der Waals surface area contributed by atoms with Gasteiger partial charge in [0, 0.05) is 30.2 Å². The third kappa shape index (κ3) is 4.04. The fourth-order valence-electron chi connectivity index (χ4n) is 3.25. The minimum absolute atomic E-state index is 0.157. The number of aryl methyl sites for hydroxylation is 2. The van der Waals surface area contributed by atoms with E-state index in [0.717, 1.165) is 33.6 Å². The van der Waals surface area contributed by atoms with E-state index in [0.29, 0.717) is 17.7 Å². The van der Waals surface area contributed by atoms with Gasteiger partial charge in [-0.2, -0.15) is 4.68 Å². The Morgan fingerprint density at radius 2 is 1.78 bits per heavy atom. The Kier molecular flexibility index (Phi) is 5.63. The van der Waals surface area contributed by atoms with E-state index >= 15 is 0 Å². The second-order valence-corrected chi connectivity index (χ2v) is 7.00. The summed E-state index contributed by atoms with van der Waals surface area (Å²) in [5, 5.41) is 6.55. The molecule has 1 amide bonds. The van der Waals surface area contributed by atoms with Crippen LogP contribution in [-0.2, 0) is 13.5 Å². The van der Waals surface area contributed by atoms with Crippen LogP contribution in [0, 0.1) is 11.6 Å². The zero-order valence-electron chi connectivity index (χ0n) is 17.2. The van der Waals surface area contributed by atoms with Crippen LogP contribution < -0.4 is 11.1 Å². The molecule has 0 aliphatic carbocycles. The van der Waals surface area contributed by atoms with Crippen LogP contribution in [0.5, 0.6) is 0 Å². The maximum atomic E-state index is 13.8. The van der Waals surface area contributed by atoms with Gasteiger partial charge in [-0.15, -0.1) is 5.10 Å². The van der Waals surface area contributed by atoms with Gasteiger partial charge < -0.3 is 9.73 Å². The number of amides is 1. The van der Waals surface area contributed by atoms with Gasteiger partial charge in [0.25, 0.3) is 11.8 Å². The Labute approximate surface area is 181 Å². The van der Waals surface area contributed by atoms with Crippen molar-refractivity contribution in [1.29, 1.82) is 0 Å². The van der Waals surface area contributed by atoms with Crippen LogP contribution in [0.3, 0.4) is 0 Å². The summed E-state index contributed by atoms with van der Waals surface area (Å²) in [6, 6.07) is 11.8. The number of carbonyl (C=O) groups is 1. The largest absolute Gasteiger partial charge is 0.437 e. The molecule has 0 atom stereocenters. The molecule has 0 radical (unpaired) electrons. The Balaban J connectivity index is 1.63. The Hall–Kier alpha value is -4.14. The molecule has 0 saturated carbocycles. The molecule has 0 bridgehead atoms. The molecule has 0 spiro atoms. The van der Waals surface area contributed by atoms with Crippen molar-refractivity contribution in [2.45, 2.75) is 13.3 Å². The smallest absolute Gasteiger partial charge is 0.388 e. The van der Waals surface area contributed by atoms with Crippen LogP contribution in [0.1, 0.15) is 23.0 Å². The van der Waals surface area contributed by atoms with Crippen LogP contribution in [0.4, 0.5) is 14.5 Å². The molecule has 9 heteroatoms. The molecule has 2 aromatic carbocycles. The summed E-state index contributed by atoms with van der Waals surface area (Å²) in [4.78, 5) is 28.3. The molecular weight excluding hydrogens is 418 g/mol. The summed E-state index contributed by atoms with van der Waals surface area (Å²) >= 11 is 0. The van der Waals surface area contributed by atoms with Crippen LogP contribution in [0.2, 0.25) is 0 Å². The predicted octanol–water partition coefficient (Wildman–Crippen LogP) is 4.20. The fourth-order valence-corrected chi connectivity index (χ4v) is 3.25. The third-order valence-electron chi connectivity index (χ3n) is 4.88. The first kappa shape index (κ1) is 21.1. The van der Waals surface area contributed by atoms with Crippen LogP contribution in [0.15, 0.2) is 63.9 Å². The van der Waals surface area contributed by atoms with Gasteiger partial charge in [-0.25, -0.2) is 13.6 Å². The number of hydrogen-bond acceptors (Lipinski definition) is 5. The maximum absolute atomic E-state index is 13.8. The molecule has 0 saturated heterocycles. The van der Waals surface area contributed by atoms with Gasteiger partial charge in [0.1, 0.15) is 17.2 Å². The normalized spacial score (nSPS) is 10.9. The lowest BCUT2D eigenvalue weighted by atomic mass is 10.0. The van der Waals surface area contributed by atoms with E-state index in [2.05, 4.69) is 15.4 Å². The van der Waals surface area contributed by atoms with E-state index in [-0.39, 0.29) is 5.89 Å². The molecule has 7 nitrogen and oxygen atoms in total. The van der Waals surface area contributed by atoms with Crippen molar-refractivity contribution in [3.8, 4) is 22.6 Å². The first-order chi connectivity index (χ1) is 15.4. The molecular formula is C23H18F2N4O3. The quantitative estimate of drug-likeness (QED) is 0.507. The maximum Gasteiger partial charge on any atom is 0.437 e. The molecule has 0 unspecified atom stereocenters. The number of halogens is 2. The van der Waals surface area contributed by atoms with Gasteiger partial charge in [0.05, 0.1) is 5.56 Å². The Morgan fingerprint density at radius 1 is 1.09 bits per heavy atom. The average Bonchev–Trinajstić information content (AvgIpc) is 3.12. The average molecular weight is 436 g/mol. The number of rotatable bonds is 5. The summed E-state index contributed by atoms with van der Waals surface area (Å²) in [6.45, 7) is 1.96. The highest BCUT2D eigenvalue weighted by atomic mass is 19.1. The van der Waals surface area contributed by atoms with Gasteiger partial charge in [-0.05, 0) is 42.3 Å². The molecule has 2 aromatic heterocycles. The molecule has 4 rings (SSSR count). The van der Waals surface area contributed by atoms with Crippen LogP contribution in [-0.4, -0.2) is 20.7 Å². The third-order valence-corrected chi connectivity index (χ3v) is 4.88. The van der Waals surface area contributed by atoms with Crippen molar-refractivity contribution in [3.63, 3.8) is 0 Å². The van der Waals surface area contributed by atoms with Crippen LogP contribution in [0.25, 0.3) is 22.6 Å². The van der Waals surface area contributed by atoms with E-state index in [1.54, 1.807) is 30.5 Å². The van der Waals surface area contributed by atoms with E-state index < -0.39 is 28.9 Å². The summed E-state index contributed by atoms with van der Waals surface area (Å²) in [7, 11) is 1.49. The van der Waals surface area contributed by atoms with Gasteiger partial charge in [-0.3, -0.25) is 9.78 Å². The van der Waals surface area contributed by atoms with Crippen molar-refractivity contribution in [3.05, 3.63) is 88.2 Å². The molecule has 0 fully saturated rings. The van der Waals surface area contributed by atoms with E-state index in [1.807, 2.05) is 13.0 Å². The standard InChI is InChI=1S/C23H18F2N4O3/c1-3-19-16(11-14(12-26-19)22-28-29(2)23(31)32-22)13-7-9-15(10-8-13)27-21(30)20-17(24)5-4-6-18(20)25/h4-12H,3H2,1-2H3,(H,27,30). The number of nitrogens with zero attached hydrogens (tertiary/aromatic N) is 3. The molecule has 162 valence electrons. The first-order valence-corrected chi connectivity index (χ1v) is 9.76. The van der Waals surface area contributed by atoms with Gasteiger partial charge in [0.2, 0.25) is 0 Å². The second kappa shape index (κ2) is 8.54. The van der Waals surface area contributed by atoms with Gasteiger partial charge >= 0.3 is 5.76 Å². The van der Waals surface area contributed by atoms with Crippen molar-refractivity contribution < 1.29 is 18.0 Å². The monoisotopic (exact) mass is 436 g/mol. The van der Waals surface area contributed by atoms with E-state index in [9.17, 15) is 18.4 Å². The lowest BCUT2D eigenvalue weighted by Gasteiger charge is -2.11. The summed E-state index contributed by atoms with van der Waals surface area (Å²) in [6.07, 6.45) is 2.25.